The highest BCUT2D eigenvalue weighted by Gasteiger charge is 2.15. The van der Waals surface area contributed by atoms with Crippen molar-refractivity contribution in [3.63, 3.8) is 0 Å². The Hall–Kier alpha value is -1.20. The van der Waals surface area contributed by atoms with Crippen LogP contribution in [-0.4, -0.2) is 17.0 Å². The van der Waals surface area contributed by atoms with Crippen LogP contribution in [0.1, 0.15) is 0 Å². The third-order valence-corrected chi connectivity index (χ3v) is 3.48. The maximum atomic E-state index is 14.0. The van der Waals surface area contributed by atoms with Crippen LogP contribution >= 0.6 is 27.5 Å². The molecule has 1 heterocycles. The van der Waals surface area contributed by atoms with E-state index in [1.807, 2.05) is 0 Å². The van der Waals surface area contributed by atoms with E-state index in [-0.39, 0.29) is 5.02 Å². The number of benzene rings is 1. The van der Waals surface area contributed by atoms with Crippen molar-refractivity contribution in [1.82, 2.24) is 9.97 Å². The number of anilines is 1. The molecule has 2 rings (SSSR count). The fourth-order valence-corrected chi connectivity index (χ4v) is 1.90. The summed E-state index contributed by atoms with van der Waals surface area (Å²) >= 11 is 9.00. The molecule has 0 bridgehead atoms. The fourth-order valence-electron chi connectivity index (χ4n) is 1.43. The Balaban J connectivity index is 2.65. The highest BCUT2D eigenvalue weighted by atomic mass is 79.9. The van der Waals surface area contributed by atoms with Gasteiger partial charge in [-0.2, -0.15) is 0 Å². The fraction of sp³-hybridized carbons (Fsp3) is 0.0909. The van der Waals surface area contributed by atoms with Gasteiger partial charge in [-0.25, -0.2) is 9.37 Å². The molecule has 3 nitrogen and oxygen atoms in total. The zero-order valence-corrected chi connectivity index (χ0v) is 11.2. The molecule has 0 aliphatic carbocycles. The molecular formula is C11H8BrClFN3. The number of nitrogens with zero attached hydrogens (tertiary/aromatic N) is 2. The second-order valence-electron chi connectivity index (χ2n) is 3.23. The molecule has 6 heteroatoms. The Morgan fingerprint density at radius 3 is 2.71 bits per heavy atom. The number of rotatable bonds is 2. The first-order valence-electron chi connectivity index (χ1n) is 4.77. The molecule has 88 valence electrons. The maximum absolute atomic E-state index is 14.0. The first-order valence-corrected chi connectivity index (χ1v) is 5.95. The molecule has 0 atom stereocenters. The Labute approximate surface area is 111 Å². The molecule has 0 radical (unpaired) electrons. The Morgan fingerprint density at radius 2 is 2.00 bits per heavy atom. The highest BCUT2D eigenvalue weighted by molar-refractivity contribution is 9.10. The SMILES string of the molecule is CNc1nccnc1-c1ccc(Br)c(Cl)c1F. The molecule has 0 amide bonds. The van der Waals surface area contributed by atoms with Gasteiger partial charge in [0.15, 0.2) is 11.6 Å². The van der Waals surface area contributed by atoms with Gasteiger partial charge in [-0.1, -0.05) is 11.6 Å². The van der Waals surface area contributed by atoms with E-state index < -0.39 is 5.82 Å². The summed E-state index contributed by atoms with van der Waals surface area (Å²) < 4.78 is 14.5. The van der Waals surface area contributed by atoms with E-state index in [1.54, 1.807) is 19.2 Å². The summed E-state index contributed by atoms with van der Waals surface area (Å²) in [5.41, 5.74) is 0.748. The van der Waals surface area contributed by atoms with Crippen LogP contribution in [0.25, 0.3) is 11.3 Å². The lowest BCUT2D eigenvalue weighted by Gasteiger charge is -2.09. The third-order valence-electron chi connectivity index (χ3n) is 2.23. The van der Waals surface area contributed by atoms with Gasteiger partial charge in [-0.15, -0.1) is 0 Å². The van der Waals surface area contributed by atoms with Crippen molar-refractivity contribution in [1.29, 1.82) is 0 Å². The predicted molar refractivity (Wildman–Crippen MR) is 69.7 cm³/mol. The normalized spacial score (nSPS) is 10.4. The van der Waals surface area contributed by atoms with Crippen molar-refractivity contribution in [2.45, 2.75) is 0 Å². The van der Waals surface area contributed by atoms with E-state index in [4.69, 9.17) is 11.6 Å². The maximum Gasteiger partial charge on any atom is 0.152 e. The molecule has 0 spiro atoms. The zero-order valence-electron chi connectivity index (χ0n) is 8.84. The van der Waals surface area contributed by atoms with Gasteiger partial charge < -0.3 is 5.32 Å². The van der Waals surface area contributed by atoms with Crippen molar-refractivity contribution >= 4 is 33.3 Å². The number of hydrogen-bond donors (Lipinski definition) is 1. The smallest absolute Gasteiger partial charge is 0.152 e. The van der Waals surface area contributed by atoms with Gasteiger partial charge in [0.25, 0.3) is 0 Å². The quantitative estimate of drug-likeness (QED) is 0.858. The van der Waals surface area contributed by atoms with E-state index >= 15 is 0 Å². The van der Waals surface area contributed by atoms with Crippen LogP contribution in [0.3, 0.4) is 0 Å². The van der Waals surface area contributed by atoms with Crippen molar-refractivity contribution in [3.05, 3.63) is 39.8 Å². The topological polar surface area (TPSA) is 37.8 Å². The molecule has 1 N–H and O–H groups in total. The average Bonchev–Trinajstić information content (AvgIpc) is 2.36. The van der Waals surface area contributed by atoms with E-state index in [0.29, 0.717) is 21.5 Å². The number of hydrogen-bond acceptors (Lipinski definition) is 3. The highest BCUT2D eigenvalue weighted by Crippen LogP contribution is 2.34. The Bertz CT molecular complexity index is 562. The minimum absolute atomic E-state index is 0.0372. The molecule has 1 aromatic carbocycles. The largest absolute Gasteiger partial charge is 0.371 e. The molecule has 0 unspecified atom stereocenters. The molecule has 0 fully saturated rings. The van der Waals surface area contributed by atoms with Crippen LogP contribution in [0.15, 0.2) is 29.0 Å². The summed E-state index contributed by atoms with van der Waals surface area (Å²) in [6.07, 6.45) is 3.04. The second kappa shape index (κ2) is 4.98. The molecule has 1 aromatic heterocycles. The van der Waals surface area contributed by atoms with Crippen molar-refractivity contribution in [3.8, 4) is 11.3 Å². The minimum atomic E-state index is -0.516. The molecule has 0 aliphatic rings. The first kappa shape index (κ1) is 12.3. The molecular weight excluding hydrogens is 308 g/mol. The molecule has 17 heavy (non-hydrogen) atoms. The second-order valence-corrected chi connectivity index (χ2v) is 4.46. The van der Waals surface area contributed by atoms with Crippen molar-refractivity contribution in [2.24, 2.45) is 0 Å². The van der Waals surface area contributed by atoms with Crippen LogP contribution in [0.2, 0.25) is 5.02 Å². The Morgan fingerprint density at radius 1 is 1.29 bits per heavy atom. The lowest BCUT2D eigenvalue weighted by molar-refractivity contribution is 0.630. The van der Waals surface area contributed by atoms with E-state index in [1.165, 1.54) is 12.4 Å². The zero-order chi connectivity index (χ0) is 12.4. The summed E-state index contributed by atoms with van der Waals surface area (Å²) in [7, 11) is 1.70. The molecule has 0 saturated carbocycles. The number of halogens is 3. The first-order chi connectivity index (χ1) is 8.15. The van der Waals surface area contributed by atoms with Gasteiger partial charge in [0.05, 0.1) is 5.02 Å². The van der Waals surface area contributed by atoms with Crippen molar-refractivity contribution < 1.29 is 4.39 Å². The summed E-state index contributed by atoms with van der Waals surface area (Å²) in [6.45, 7) is 0. The van der Waals surface area contributed by atoms with Gasteiger partial charge in [0.2, 0.25) is 0 Å². The van der Waals surface area contributed by atoms with Gasteiger partial charge in [0.1, 0.15) is 5.69 Å². The molecule has 0 aliphatic heterocycles. The number of nitrogens with one attached hydrogen (secondary N) is 1. The summed E-state index contributed by atoms with van der Waals surface area (Å²) in [6, 6.07) is 3.28. The van der Waals surface area contributed by atoms with Crippen LogP contribution in [0, 0.1) is 5.82 Å². The minimum Gasteiger partial charge on any atom is -0.371 e. The van der Waals surface area contributed by atoms with Crippen LogP contribution in [-0.2, 0) is 0 Å². The average molecular weight is 317 g/mol. The van der Waals surface area contributed by atoms with E-state index in [2.05, 4.69) is 31.2 Å². The monoisotopic (exact) mass is 315 g/mol. The summed E-state index contributed by atoms with van der Waals surface area (Å²) in [5, 5.41) is 2.90. The molecule has 2 aromatic rings. The van der Waals surface area contributed by atoms with Gasteiger partial charge in [-0.05, 0) is 28.1 Å². The number of aromatic nitrogens is 2. The van der Waals surface area contributed by atoms with Gasteiger partial charge in [0, 0.05) is 29.5 Å². The summed E-state index contributed by atoms with van der Waals surface area (Å²) in [4.78, 5) is 8.18. The van der Waals surface area contributed by atoms with E-state index in [0.717, 1.165) is 0 Å². The van der Waals surface area contributed by atoms with Crippen LogP contribution in [0.4, 0.5) is 10.2 Å². The van der Waals surface area contributed by atoms with Crippen LogP contribution in [0.5, 0.6) is 0 Å². The lowest BCUT2D eigenvalue weighted by atomic mass is 10.1. The van der Waals surface area contributed by atoms with Crippen molar-refractivity contribution in [2.75, 3.05) is 12.4 Å². The van der Waals surface area contributed by atoms with Gasteiger partial charge in [-0.3, -0.25) is 4.98 Å². The third kappa shape index (κ3) is 2.25. The van der Waals surface area contributed by atoms with E-state index in [9.17, 15) is 4.39 Å². The van der Waals surface area contributed by atoms with Gasteiger partial charge >= 0.3 is 0 Å². The van der Waals surface area contributed by atoms with Crippen LogP contribution < -0.4 is 5.32 Å². The Kier molecular flexibility index (Phi) is 3.59. The lowest BCUT2D eigenvalue weighted by Crippen LogP contribution is -1.99. The predicted octanol–water partition coefficient (Wildman–Crippen LogP) is 3.74. The molecule has 0 saturated heterocycles. The summed E-state index contributed by atoms with van der Waals surface area (Å²) in [5.74, 6) is -0.0113. The standard InChI is InChI=1S/C11H8BrClFN3/c1-15-11-10(16-4-5-17-11)6-2-3-7(12)8(13)9(6)14/h2-5H,1H3,(H,15,17).